The smallest absolute Gasteiger partial charge is 0.0541 e. The summed E-state index contributed by atoms with van der Waals surface area (Å²) in [5.41, 5.74) is 7.36. The molecule has 3 heteroatoms. The second-order valence-corrected chi connectivity index (χ2v) is 4.68. The van der Waals surface area contributed by atoms with E-state index in [9.17, 15) is 5.11 Å². The molecule has 1 heterocycles. The van der Waals surface area contributed by atoms with Gasteiger partial charge >= 0.3 is 0 Å². The van der Waals surface area contributed by atoms with Crippen molar-refractivity contribution in [1.82, 2.24) is 0 Å². The molecular weight excluding hydrogens is 182 g/mol. The van der Waals surface area contributed by atoms with E-state index in [1.165, 1.54) is 5.56 Å². The molecule has 1 saturated carbocycles. The van der Waals surface area contributed by atoms with Gasteiger partial charge in [0, 0.05) is 5.54 Å². The van der Waals surface area contributed by atoms with E-state index >= 15 is 0 Å². The number of hydrogen-bond donors (Lipinski definition) is 2. The van der Waals surface area contributed by atoms with Crippen LogP contribution in [0, 0.1) is 0 Å². The first kappa shape index (κ1) is 9.19. The maximum absolute atomic E-state index is 9.39. The van der Waals surface area contributed by atoms with Gasteiger partial charge in [-0.3, -0.25) is 0 Å². The second kappa shape index (κ2) is 3.40. The standard InChI is InChI=1S/C10H15NOS/c11-10(8-3-6-13-7-8)4-1-9(12)2-5-10/h3,6-7,9,12H,1-2,4-5,11H2. The summed E-state index contributed by atoms with van der Waals surface area (Å²) in [5.74, 6) is 0. The molecule has 1 aliphatic rings. The average Bonchev–Trinajstić information content (AvgIpc) is 2.63. The first-order valence-electron chi connectivity index (χ1n) is 4.70. The zero-order valence-corrected chi connectivity index (χ0v) is 8.39. The second-order valence-electron chi connectivity index (χ2n) is 3.90. The van der Waals surface area contributed by atoms with Crippen LogP contribution in [0.3, 0.4) is 0 Å². The zero-order chi connectivity index (χ0) is 9.31. The minimum atomic E-state index is -0.167. The van der Waals surface area contributed by atoms with Crippen LogP contribution in [0.1, 0.15) is 31.2 Å². The minimum absolute atomic E-state index is 0.129. The molecule has 2 nitrogen and oxygen atoms in total. The van der Waals surface area contributed by atoms with E-state index in [2.05, 4.69) is 16.8 Å². The Morgan fingerprint density at radius 1 is 1.46 bits per heavy atom. The molecule has 0 unspecified atom stereocenters. The van der Waals surface area contributed by atoms with Crippen LogP contribution in [0.25, 0.3) is 0 Å². The lowest BCUT2D eigenvalue weighted by atomic mass is 9.77. The molecule has 1 aromatic heterocycles. The van der Waals surface area contributed by atoms with Crippen LogP contribution in [0.4, 0.5) is 0 Å². The normalized spacial score (nSPS) is 34.8. The largest absolute Gasteiger partial charge is 0.393 e. The highest BCUT2D eigenvalue weighted by Crippen LogP contribution is 2.35. The van der Waals surface area contributed by atoms with E-state index in [0.29, 0.717) is 0 Å². The summed E-state index contributed by atoms with van der Waals surface area (Å²) in [6, 6.07) is 2.10. The highest BCUT2D eigenvalue weighted by atomic mass is 32.1. The van der Waals surface area contributed by atoms with Crippen LogP contribution >= 0.6 is 11.3 Å². The van der Waals surface area contributed by atoms with Crippen molar-refractivity contribution in [2.75, 3.05) is 0 Å². The fraction of sp³-hybridized carbons (Fsp3) is 0.600. The monoisotopic (exact) mass is 197 g/mol. The van der Waals surface area contributed by atoms with E-state index in [1.54, 1.807) is 11.3 Å². The van der Waals surface area contributed by atoms with E-state index in [1.807, 2.05) is 0 Å². The fourth-order valence-electron chi connectivity index (χ4n) is 1.95. The third-order valence-electron chi connectivity index (χ3n) is 2.94. The lowest BCUT2D eigenvalue weighted by Gasteiger charge is -2.35. The Morgan fingerprint density at radius 2 is 2.15 bits per heavy atom. The van der Waals surface area contributed by atoms with Gasteiger partial charge in [-0.2, -0.15) is 11.3 Å². The molecule has 0 aromatic carbocycles. The number of aliphatic hydroxyl groups is 1. The summed E-state index contributed by atoms with van der Waals surface area (Å²) in [7, 11) is 0. The molecule has 1 aliphatic carbocycles. The Labute approximate surface area is 82.4 Å². The molecule has 1 fully saturated rings. The third kappa shape index (κ3) is 1.77. The lowest BCUT2D eigenvalue weighted by Crippen LogP contribution is -2.41. The first-order chi connectivity index (χ1) is 6.21. The van der Waals surface area contributed by atoms with Crippen LogP contribution in [-0.4, -0.2) is 11.2 Å². The molecule has 13 heavy (non-hydrogen) atoms. The zero-order valence-electron chi connectivity index (χ0n) is 7.57. The minimum Gasteiger partial charge on any atom is -0.393 e. The Kier molecular flexibility index (Phi) is 2.41. The van der Waals surface area contributed by atoms with Gasteiger partial charge in [-0.25, -0.2) is 0 Å². The maximum Gasteiger partial charge on any atom is 0.0541 e. The van der Waals surface area contributed by atoms with Crippen molar-refractivity contribution < 1.29 is 5.11 Å². The number of aliphatic hydroxyl groups excluding tert-OH is 1. The summed E-state index contributed by atoms with van der Waals surface area (Å²) >= 11 is 1.69. The molecule has 0 amide bonds. The molecule has 0 aliphatic heterocycles. The van der Waals surface area contributed by atoms with Crippen LogP contribution in [0.2, 0.25) is 0 Å². The van der Waals surface area contributed by atoms with Crippen molar-refractivity contribution in [3.8, 4) is 0 Å². The van der Waals surface area contributed by atoms with Crippen LogP contribution < -0.4 is 5.73 Å². The summed E-state index contributed by atoms with van der Waals surface area (Å²) in [5, 5.41) is 13.6. The summed E-state index contributed by atoms with van der Waals surface area (Å²) < 4.78 is 0. The third-order valence-corrected chi connectivity index (χ3v) is 3.63. The SMILES string of the molecule is NC1(c2ccsc2)CCC(O)CC1. The summed E-state index contributed by atoms with van der Waals surface area (Å²) in [6.45, 7) is 0. The van der Waals surface area contributed by atoms with Crippen molar-refractivity contribution in [3.63, 3.8) is 0 Å². The Morgan fingerprint density at radius 3 is 2.69 bits per heavy atom. The van der Waals surface area contributed by atoms with Gasteiger partial charge in [0.1, 0.15) is 0 Å². The number of thiophene rings is 1. The first-order valence-corrected chi connectivity index (χ1v) is 5.65. The van der Waals surface area contributed by atoms with Crippen molar-refractivity contribution in [2.45, 2.75) is 37.3 Å². The topological polar surface area (TPSA) is 46.2 Å². The Bertz CT molecular complexity index is 262. The van der Waals surface area contributed by atoms with Gasteiger partial charge in [0.15, 0.2) is 0 Å². The molecule has 3 N–H and O–H groups in total. The highest BCUT2D eigenvalue weighted by Gasteiger charge is 2.32. The van der Waals surface area contributed by atoms with Crippen LogP contribution in [-0.2, 0) is 5.54 Å². The quantitative estimate of drug-likeness (QED) is 0.721. The van der Waals surface area contributed by atoms with Crippen molar-refractivity contribution in [2.24, 2.45) is 5.73 Å². The summed E-state index contributed by atoms with van der Waals surface area (Å²) in [4.78, 5) is 0. The Hall–Kier alpha value is -0.380. The lowest BCUT2D eigenvalue weighted by molar-refractivity contribution is 0.0970. The molecule has 0 spiro atoms. The van der Waals surface area contributed by atoms with E-state index < -0.39 is 0 Å². The number of hydrogen-bond acceptors (Lipinski definition) is 3. The van der Waals surface area contributed by atoms with Crippen molar-refractivity contribution in [3.05, 3.63) is 22.4 Å². The van der Waals surface area contributed by atoms with Gasteiger partial charge < -0.3 is 10.8 Å². The molecule has 0 bridgehead atoms. The number of nitrogens with two attached hydrogens (primary N) is 1. The number of rotatable bonds is 1. The molecule has 2 rings (SSSR count). The van der Waals surface area contributed by atoms with Gasteiger partial charge in [-0.05, 0) is 48.1 Å². The maximum atomic E-state index is 9.39. The summed E-state index contributed by atoms with van der Waals surface area (Å²) in [6.07, 6.45) is 3.37. The Balaban J connectivity index is 2.13. The van der Waals surface area contributed by atoms with Crippen molar-refractivity contribution >= 4 is 11.3 Å². The molecule has 1 aromatic rings. The molecule has 72 valence electrons. The van der Waals surface area contributed by atoms with E-state index in [0.717, 1.165) is 25.7 Å². The van der Waals surface area contributed by atoms with Crippen LogP contribution in [0.5, 0.6) is 0 Å². The van der Waals surface area contributed by atoms with Crippen LogP contribution in [0.15, 0.2) is 16.8 Å². The van der Waals surface area contributed by atoms with Gasteiger partial charge in [0.2, 0.25) is 0 Å². The highest BCUT2D eigenvalue weighted by molar-refractivity contribution is 7.08. The van der Waals surface area contributed by atoms with Gasteiger partial charge in [0.25, 0.3) is 0 Å². The van der Waals surface area contributed by atoms with Gasteiger partial charge in [-0.15, -0.1) is 0 Å². The average molecular weight is 197 g/mol. The molecule has 0 saturated heterocycles. The van der Waals surface area contributed by atoms with Crippen molar-refractivity contribution in [1.29, 1.82) is 0 Å². The molecule has 0 radical (unpaired) electrons. The predicted octanol–water partition coefficient (Wildman–Crippen LogP) is 1.84. The fourth-order valence-corrected chi connectivity index (χ4v) is 2.72. The van der Waals surface area contributed by atoms with E-state index in [-0.39, 0.29) is 11.6 Å². The predicted molar refractivity (Wildman–Crippen MR) is 54.7 cm³/mol. The molecule has 0 atom stereocenters. The van der Waals surface area contributed by atoms with E-state index in [4.69, 9.17) is 5.73 Å². The van der Waals surface area contributed by atoms with Gasteiger partial charge in [0.05, 0.1) is 6.10 Å². The van der Waals surface area contributed by atoms with Gasteiger partial charge in [-0.1, -0.05) is 0 Å². The molecular formula is C10H15NOS.